The maximum atomic E-state index is 11.0. The van der Waals surface area contributed by atoms with Gasteiger partial charge in [0.15, 0.2) is 0 Å². The lowest BCUT2D eigenvalue weighted by Gasteiger charge is -2.03. The van der Waals surface area contributed by atoms with Gasteiger partial charge < -0.3 is 5.32 Å². The molecule has 0 unspecified atom stereocenters. The predicted octanol–water partition coefficient (Wildman–Crippen LogP) is 5.37. The highest BCUT2D eigenvalue weighted by atomic mass is 32.2. The van der Waals surface area contributed by atoms with Crippen LogP contribution in [0.1, 0.15) is 18.2 Å². The minimum Gasteiger partial charge on any atom is -0.326 e. The van der Waals surface area contributed by atoms with Gasteiger partial charge in [-0.3, -0.25) is 4.79 Å². The molecule has 0 bridgehead atoms. The molecule has 5 heteroatoms. The van der Waals surface area contributed by atoms with Crippen molar-refractivity contribution in [3.8, 4) is 10.6 Å². The maximum Gasteiger partial charge on any atom is 0.221 e. The molecule has 0 aliphatic carbocycles. The van der Waals surface area contributed by atoms with Gasteiger partial charge in [0.1, 0.15) is 5.01 Å². The first-order valence-corrected chi connectivity index (χ1v) is 9.48. The quantitative estimate of drug-likeness (QED) is 0.626. The van der Waals surface area contributed by atoms with E-state index in [9.17, 15) is 4.79 Å². The van der Waals surface area contributed by atoms with Gasteiger partial charge >= 0.3 is 0 Å². The van der Waals surface area contributed by atoms with Crippen LogP contribution in [0.25, 0.3) is 10.6 Å². The van der Waals surface area contributed by atoms with E-state index >= 15 is 0 Å². The van der Waals surface area contributed by atoms with E-state index in [0.29, 0.717) is 0 Å². The SMILES string of the molecule is CC(=O)Nc1ccc(SCc2csc(-c3ccc(C)cc3)n2)cc1. The number of hydrogen-bond acceptors (Lipinski definition) is 4. The number of thiazole rings is 1. The molecule has 1 N–H and O–H groups in total. The fourth-order valence-electron chi connectivity index (χ4n) is 2.20. The third kappa shape index (κ3) is 4.46. The van der Waals surface area contributed by atoms with E-state index in [-0.39, 0.29) is 5.91 Å². The number of nitrogens with one attached hydrogen (secondary N) is 1. The first-order valence-electron chi connectivity index (χ1n) is 7.62. The first-order chi connectivity index (χ1) is 11.6. The van der Waals surface area contributed by atoms with Crippen LogP contribution in [0.4, 0.5) is 5.69 Å². The highest BCUT2D eigenvalue weighted by Gasteiger charge is 2.05. The van der Waals surface area contributed by atoms with Gasteiger partial charge in [0.25, 0.3) is 0 Å². The highest BCUT2D eigenvalue weighted by Crippen LogP contribution is 2.28. The van der Waals surface area contributed by atoms with Crippen molar-refractivity contribution in [3.63, 3.8) is 0 Å². The number of anilines is 1. The summed E-state index contributed by atoms with van der Waals surface area (Å²) < 4.78 is 0. The number of aromatic nitrogens is 1. The van der Waals surface area contributed by atoms with Crippen molar-refractivity contribution in [2.24, 2.45) is 0 Å². The molecule has 0 radical (unpaired) electrons. The third-order valence-corrected chi connectivity index (χ3v) is 5.40. The van der Waals surface area contributed by atoms with Crippen LogP contribution in [-0.2, 0) is 10.5 Å². The summed E-state index contributed by atoms with van der Waals surface area (Å²) in [6, 6.07) is 16.3. The van der Waals surface area contributed by atoms with E-state index < -0.39 is 0 Å². The Morgan fingerprint density at radius 1 is 1.12 bits per heavy atom. The number of rotatable bonds is 5. The summed E-state index contributed by atoms with van der Waals surface area (Å²) in [4.78, 5) is 16.9. The van der Waals surface area contributed by atoms with Crippen LogP contribution < -0.4 is 5.32 Å². The standard InChI is InChI=1S/C19H18N2OS2/c1-13-3-5-15(6-4-13)19-21-17(12-24-19)11-23-18-9-7-16(8-10-18)20-14(2)22/h3-10,12H,11H2,1-2H3,(H,20,22). The van der Waals surface area contributed by atoms with Crippen LogP contribution in [0.2, 0.25) is 0 Å². The summed E-state index contributed by atoms with van der Waals surface area (Å²) in [5.41, 5.74) is 4.34. The molecule has 0 fully saturated rings. The normalized spacial score (nSPS) is 10.6. The molecular formula is C19H18N2OS2. The lowest BCUT2D eigenvalue weighted by atomic mass is 10.2. The molecule has 1 amide bonds. The summed E-state index contributed by atoms with van der Waals surface area (Å²) in [6.07, 6.45) is 0. The average molecular weight is 355 g/mol. The van der Waals surface area contributed by atoms with Crippen LogP contribution in [0, 0.1) is 6.92 Å². The molecule has 1 aromatic heterocycles. The number of hydrogen-bond donors (Lipinski definition) is 1. The van der Waals surface area contributed by atoms with E-state index in [4.69, 9.17) is 4.98 Å². The summed E-state index contributed by atoms with van der Waals surface area (Å²) >= 11 is 3.42. The van der Waals surface area contributed by atoms with E-state index in [1.54, 1.807) is 23.1 Å². The van der Waals surface area contributed by atoms with E-state index in [2.05, 4.69) is 41.9 Å². The Morgan fingerprint density at radius 3 is 2.50 bits per heavy atom. The molecule has 0 atom stereocenters. The van der Waals surface area contributed by atoms with Gasteiger partial charge in [0.05, 0.1) is 5.69 Å². The molecule has 0 saturated heterocycles. The van der Waals surface area contributed by atoms with Gasteiger partial charge in [-0.25, -0.2) is 4.98 Å². The highest BCUT2D eigenvalue weighted by molar-refractivity contribution is 7.98. The lowest BCUT2D eigenvalue weighted by molar-refractivity contribution is -0.114. The number of aryl methyl sites for hydroxylation is 1. The van der Waals surface area contributed by atoms with Gasteiger partial charge in [-0.15, -0.1) is 23.1 Å². The van der Waals surface area contributed by atoms with Crippen molar-refractivity contribution < 1.29 is 4.79 Å². The van der Waals surface area contributed by atoms with Gasteiger partial charge in [-0.05, 0) is 31.2 Å². The molecule has 0 spiro atoms. The lowest BCUT2D eigenvalue weighted by Crippen LogP contribution is -2.05. The van der Waals surface area contributed by atoms with Crippen LogP contribution in [-0.4, -0.2) is 10.9 Å². The van der Waals surface area contributed by atoms with Gasteiger partial charge in [0.2, 0.25) is 5.91 Å². The molecular weight excluding hydrogens is 336 g/mol. The smallest absolute Gasteiger partial charge is 0.221 e. The second-order valence-electron chi connectivity index (χ2n) is 5.50. The number of benzene rings is 2. The van der Waals surface area contributed by atoms with Gasteiger partial charge in [-0.1, -0.05) is 29.8 Å². The van der Waals surface area contributed by atoms with Crippen molar-refractivity contribution in [2.75, 3.05) is 5.32 Å². The van der Waals surface area contributed by atoms with Gasteiger partial charge in [0, 0.05) is 34.2 Å². The minimum atomic E-state index is -0.0542. The topological polar surface area (TPSA) is 42.0 Å². The first kappa shape index (κ1) is 16.7. The van der Waals surface area contributed by atoms with E-state index in [1.165, 1.54) is 18.1 Å². The van der Waals surface area contributed by atoms with E-state index in [0.717, 1.165) is 27.0 Å². The second kappa shape index (κ2) is 7.64. The number of carbonyl (C=O) groups excluding carboxylic acids is 1. The molecule has 3 rings (SSSR count). The Hall–Kier alpha value is -2.11. The minimum absolute atomic E-state index is 0.0542. The fourth-order valence-corrected chi connectivity index (χ4v) is 3.92. The third-order valence-electron chi connectivity index (χ3n) is 3.41. The number of amides is 1. The van der Waals surface area contributed by atoms with Crippen LogP contribution in [0.5, 0.6) is 0 Å². The Labute approximate surface area is 150 Å². The summed E-state index contributed by atoms with van der Waals surface area (Å²) in [5, 5.41) is 5.95. The molecule has 24 heavy (non-hydrogen) atoms. The average Bonchev–Trinajstić information content (AvgIpc) is 3.03. The van der Waals surface area contributed by atoms with Crippen LogP contribution in [0.15, 0.2) is 58.8 Å². The molecule has 0 saturated carbocycles. The molecule has 0 aliphatic rings. The monoisotopic (exact) mass is 354 g/mol. The predicted molar refractivity (Wildman–Crippen MR) is 103 cm³/mol. The fraction of sp³-hybridized carbons (Fsp3) is 0.158. The molecule has 3 nitrogen and oxygen atoms in total. The molecule has 0 aliphatic heterocycles. The zero-order valence-electron chi connectivity index (χ0n) is 13.6. The summed E-state index contributed by atoms with van der Waals surface area (Å²) in [5.74, 6) is 0.781. The number of thioether (sulfide) groups is 1. The molecule has 2 aromatic carbocycles. The maximum absolute atomic E-state index is 11.0. The van der Waals surface area contributed by atoms with Crippen molar-refractivity contribution in [2.45, 2.75) is 24.5 Å². The summed E-state index contributed by atoms with van der Waals surface area (Å²) in [6.45, 7) is 3.60. The largest absolute Gasteiger partial charge is 0.326 e. The van der Waals surface area contributed by atoms with Crippen molar-refractivity contribution in [1.29, 1.82) is 0 Å². The van der Waals surface area contributed by atoms with Crippen molar-refractivity contribution >= 4 is 34.7 Å². The Bertz CT molecular complexity index is 823. The molecule has 3 aromatic rings. The number of nitrogens with zero attached hydrogens (tertiary/aromatic N) is 1. The zero-order chi connectivity index (χ0) is 16.9. The Kier molecular flexibility index (Phi) is 5.33. The second-order valence-corrected chi connectivity index (χ2v) is 7.41. The molecule has 122 valence electrons. The van der Waals surface area contributed by atoms with Crippen LogP contribution >= 0.6 is 23.1 Å². The zero-order valence-corrected chi connectivity index (χ0v) is 15.2. The Morgan fingerprint density at radius 2 is 1.83 bits per heavy atom. The van der Waals surface area contributed by atoms with Crippen molar-refractivity contribution in [3.05, 3.63) is 65.2 Å². The van der Waals surface area contributed by atoms with Crippen molar-refractivity contribution in [1.82, 2.24) is 4.98 Å². The molecule has 1 heterocycles. The van der Waals surface area contributed by atoms with Gasteiger partial charge in [-0.2, -0.15) is 0 Å². The number of carbonyl (C=O) groups is 1. The Balaban J connectivity index is 1.61. The van der Waals surface area contributed by atoms with Crippen LogP contribution in [0.3, 0.4) is 0 Å². The van der Waals surface area contributed by atoms with E-state index in [1.807, 2.05) is 24.3 Å². The summed E-state index contributed by atoms with van der Waals surface area (Å²) in [7, 11) is 0.